The van der Waals surface area contributed by atoms with E-state index in [4.69, 9.17) is 9.47 Å². The predicted molar refractivity (Wildman–Crippen MR) is 103 cm³/mol. The van der Waals surface area contributed by atoms with Crippen LogP contribution in [0.15, 0.2) is 42.5 Å². The minimum absolute atomic E-state index is 0.546. The molecule has 0 unspecified atom stereocenters. The van der Waals surface area contributed by atoms with Crippen LogP contribution < -0.4 is 14.8 Å². The maximum Gasteiger partial charge on any atom is 0.127 e. The van der Waals surface area contributed by atoms with Gasteiger partial charge in [-0.3, -0.25) is 4.90 Å². The number of ether oxygens (including phenoxy) is 2. The molecule has 0 heterocycles. The minimum Gasteiger partial charge on any atom is -0.497 e. The molecule has 2 aromatic carbocycles. The Morgan fingerprint density at radius 3 is 2.40 bits per heavy atom. The highest BCUT2D eigenvalue weighted by Gasteiger charge is 2.06. The molecule has 136 valence electrons. The summed E-state index contributed by atoms with van der Waals surface area (Å²) in [4.78, 5) is 2.34. The second-order valence-electron chi connectivity index (χ2n) is 6.61. The SMILES string of the molecule is COc1ccc(CNCc2cccc(CN(C)C(C)C)c2)c(OC)c1. The van der Waals surface area contributed by atoms with E-state index in [2.05, 4.69) is 55.4 Å². The average Bonchev–Trinajstić information content (AvgIpc) is 2.62. The first kappa shape index (κ1) is 19.3. The third-order valence-electron chi connectivity index (χ3n) is 4.44. The second kappa shape index (κ2) is 9.44. The highest BCUT2D eigenvalue weighted by Crippen LogP contribution is 2.24. The van der Waals surface area contributed by atoms with Gasteiger partial charge in [0.15, 0.2) is 0 Å². The topological polar surface area (TPSA) is 33.7 Å². The van der Waals surface area contributed by atoms with Gasteiger partial charge < -0.3 is 14.8 Å². The number of rotatable bonds is 9. The summed E-state index contributed by atoms with van der Waals surface area (Å²) in [6, 6.07) is 15.2. The first-order chi connectivity index (χ1) is 12.0. The van der Waals surface area contributed by atoms with Crippen molar-refractivity contribution in [3.8, 4) is 11.5 Å². The van der Waals surface area contributed by atoms with Gasteiger partial charge in [-0.25, -0.2) is 0 Å². The van der Waals surface area contributed by atoms with Crippen LogP contribution in [0.25, 0.3) is 0 Å². The van der Waals surface area contributed by atoms with Crippen LogP contribution in [0.4, 0.5) is 0 Å². The summed E-state index contributed by atoms with van der Waals surface area (Å²) < 4.78 is 10.7. The lowest BCUT2D eigenvalue weighted by Crippen LogP contribution is -2.25. The Morgan fingerprint density at radius 1 is 0.960 bits per heavy atom. The maximum absolute atomic E-state index is 5.45. The molecule has 0 radical (unpaired) electrons. The van der Waals surface area contributed by atoms with Crippen molar-refractivity contribution < 1.29 is 9.47 Å². The fourth-order valence-electron chi connectivity index (χ4n) is 2.65. The quantitative estimate of drug-likeness (QED) is 0.751. The van der Waals surface area contributed by atoms with Gasteiger partial charge in [-0.2, -0.15) is 0 Å². The van der Waals surface area contributed by atoms with Crippen LogP contribution in [-0.4, -0.2) is 32.2 Å². The Kier molecular flexibility index (Phi) is 7.29. The monoisotopic (exact) mass is 342 g/mol. The molecule has 0 saturated carbocycles. The molecule has 0 bridgehead atoms. The molecule has 0 aromatic heterocycles. The molecule has 0 atom stereocenters. The first-order valence-electron chi connectivity index (χ1n) is 8.73. The zero-order valence-corrected chi connectivity index (χ0v) is 16.0. The number of hydrogen-bond donors (Lipinski definition) is 1. The minimum atomic E-state index is 0.546. The Balaban J connectivity index is 1.94. The van der Waals surface area contributed by atoms with Crippen molar-refractivity contribution in [3.05, 3.63) is 59.2 Å². The van der Waals surface area contributed by atoms with Crippen molar-refractivity contribution in [2.24, 2.45) is 0 Å². The molecule has 2 aromatic rings. The largest absolute Gasteiger partial charge is 0.497 e. The molecular formula is C21H30N2O2. The van der Waals surface area contributed by atoms with Crippen molar-refractivity contribution in [1.82, 2.24) is 10.2 Å². The molecule has 4 nitrogen and oxygen atoms in total. The molecule has 0 aliphatic carbocycles. The third-order valence-corrected chi connectivity index (χ3v) is 4.44. The fourth-order valence-corrected chi connectivity index (χ4v) is 2.65. The molecule has 25 heavy (non-hydrogen) atoms. The van der Waals surface area contributed by atoms with Crippen LogP contribution in [0.2, 0.25) is 0 Å². The van der Waals surface area contributed by atoms with E-state index in [0.717, 1.165) is 36.7 Å². The maximum atomic E-state index is 5.45. The number of nitrogens with zero attached hydrogens (tertiary/aromatic N) is 1. The second-order valence-corrected chi connectivity index (χ2v) is 6.61. The van der Waals surface area contributed by atoms with Crippen LogP contribution in [0.5, 0.6) is 11.5 Å². The van der Waals surface area contributed by atoms with E-state index >= 15 is 0 Å². The van der Waals surface area contributed by atoms with Crippen molar-refractivity contribution in [2.45, 2.75) is 39.5 Å². The van der Waals surface area contributed by atoms with Crippen molar-refractivity contribution in [2.75, 3.05) is 21.3 Å². The lowest BCUT2D eigenvalue weighted by atomic mass is 10.1. The van der Waals surface area contributed by atoms with Gasteiger partial charge >= 0.3 is 0 Å². The van der Waals surface area contributed by atoms with Gasteiger partial charge in [-0.15, -0.1) is 0 Å². The van der Waals surface area contributed by atoms with E-state index in [1.165, 1.54) is 11.1 Å². The lowest BCUT2D eigenvalue weighted by molar-refractivity contribution is 0.266. The number of hydrogen-bond acceptors (Lipinski definition) is 4. The molecule has 0 spiro atoms. The molecule has 0 aliphatic heterocycles. The summed E-state index contributed by atoms with van der Waals surface area (Å²) in [6.07, 6.45) is 0. The average molecular weight is 342 g/mol. The summed E-state index contributed by atoms with van der Waals surface area (Å²) in [7, 11) is 5.51. The molecule has 2 rings (SSSR count). The Bertz CT molecular complexity index is 671. The van der Waals surface area contributed by atoms with E-state index in [9.17, 15) is 0 Å². The summed E-state index contributed by atoms with van der Waals surface area (Å²) in [5, 5.41) is 3.50. The first-order valence-corrected chi connectivity index (χ1v) is 8.73. The zero-order valence-electron chi connectivity index (χ0n) is 16.0. The van der Waals surface area contributed by atoms with E-state index in [1.54, 1.807) is 14.2 Å². The van der Waals surface area contributed by atoms with Crippen molar-refractivity contribution >= 4 is 0 Å². The molecule has 0 fully saturated rings. The van der Waals surface area contributed by atoms with Crippen LogP contribution in [0.3, 0.4) is 0 Å². The van der Waals surface area contributed by atoms with Gasteiger partial charge in [-0.1, -0.05) is 30.3 Å². The van der Waals surface area contributed by atoms with Gasteiger partial charge in [0.05, 0.1) is 14.2 Å². The lowest BCUT2D eigenvalue weighted by Gasteiger charge is -2.21. The molecule has 0 saturated heterocycles. The third kappa shape index (κ3) is 5.76. The highest BCUT2D eigenvalue weighted by atomic mass is 16.5. The molecular weight excluding hydrogens is 312 g/mol. The molecule has 0 aliphatic rings. The van der Waals surface area contributed by atoms with Gasteiger partial charge in [0.1, 0.15) is 11.5 Å². The van der Waals surface area contributed by atoms with Gasteiger partial charge in [0.2, 0.25) is 0 Å². The summed E-state index contributed by atoms with van der Waals surface area (Å²) in [5.74, 6) is 1.65. The number of nitrogens with one attached hydrogen (secondary N) is 1. The van der Waals surface area contributed by atoms with E-state index in [0.29, 0.717) is 6.04 Å². The molecule has 0 amide bonds. The number of benzene rings is 2. The normalized spacial score (nSPS) is 11.2. The van der Waals surface area contributed by atoms with Gasteiger partial charge in [0, 0.05) is 37.3 Å². The van der Waals surface area contributed by atoms with Crippen LogP contribution in [0, 0.1) is 0 Å². The van der Waals surface area contributed by atoms with Crippen molar-refractivity contribution in [3.63, 3.8) is 0 Å². The predicted octanol–water partition coefficient (Wildman–Crippen LogP) is 3.83. The van der Waals surface area contributed by atoms with E-state index in [-0.39, 0.29) is 0 Å². The van der Waals surface area contributed by atoms with Gasteiger partial charge in [0.25, 0.3) is 0 Å². The van der Waals surface area contributed by atoms with Crippen molar-refractivity contribution in [1.29, 1.82) is 0 Å². The molecule has 1 N–H and O–H groups in total. The standard InChI is InChI=1S/C21H30N2O2/c1-16(2)23(3)15-18-8-6-7-17(11-18)13-22-14-19-9-10-20(24-4)12-21(19)25-5/h6-12,16,22H,13-15H2,1-5H3. The zero-order chi connectivity index (χ0) is 18.2. The van der Waals surface area contributed by atoms with Crippen LogP contribution >= 0.6 is 0 Å². The Labute approximate surface area is 151 Å². The van der Waals surface area contributed by atoms with E-state index in [1.807, 2.05) is 18.2 Å². The van der Waals surface area contributed by atoms with Crippen LogP contribution in [-0.2, 0) is 19.6 Å². The van der Waals surface area contributed by atoms with Crippen LogP contribution in [0.1, 0.15) is 30.5 Å². The Morgan fingerprint density at radius 2 is 1.72 bits per heavy atom. The Hall–Kier alpha value is -2.04. The summed E-state index contributed by atoms with van der Waals surface area (Å²) in [6.45, 7) is 6.98. The van der Waals surface area contributed by atoms with Gasteiger partial charge in [-0.05, 0) is 38.1 Å². The molecule has 4 heteroatoms. The smallest absolute Gasteiger partial charge is 0.127 e. The number of methoxy groups -OCH3 is 2. The fraction of sp³-hybridized carbons (Fsp3) is 0.429. The summed E-state index contributed by atoms with van der Waals surface area (Å²) >= 11 is 0. The highest BCUT2D eigenvalue weighted by molar-refractivity contribution is 5.40. The summed E-state index contributed by atoms with van der Waals surface area (Å²) in [5.41, 5.74) is 3.76. The van der Waals surface area contributed by atoms with E-state index < -0.39 is 0 Å².